The third kappa shape index (κ3) is 4.70. The van der Waals surface area contributed by atoms with Crippen molar-refractivity contribution in [2.45, 2.75) is 25.5 Å². The number of rotatable bonds is 5. The van der Waals surface area contributed by atoms with E-state index in [4.69, 9.17) is 11.6 Å². The fourth-order valence-electron chi connectivity index (χ4n) is 2.68. The molecule has 0 radical (unpaired) electrons. The molecule has 0 saturated carbocycles. The molecule has 0 aliphatic carbocycles. The highest BCUT2D eigenvalue weighted by molar-refractivity contribution is 8.15. The van der Waals surface area contributed by atoms with Gasteiger partial charge in [-0.1, -0.05) is 47.6 Å². The zero-order valence-corrected chi connectivity index (χ0v) is 16.7. The van der Waals surface area contributed by atoms with Gasteiger partial charge in [0.2, 0.25) is 11.8 Å². The number of thioether (sulfide) groups is 1. The van der Waals surface area contributed by atoms with Crippen LogP contribution in [0.1, 0.15) is 18.9 Å². The van der Waals surface area contributed by atoms with Gasteiger partial charge in [-0.3, -0.25) is 14.5 Å². The van der Waals surface area contributed by atoms with E-state index in [0.717, 1.165) is 5.56 Å². The predicted molar refractivity (Wildman–Crippen MR) is 112 cm³/mol. The molecule has 0 spiro atoms. The average molecular weight is 402 g/mol. The summed E-state index contributed by atoms with van der Waals surface area (Å²) in [5.74, 6) is -0.287. The molecule has 1 aliphatic heterocycles. The Morgan fingerprint density at radius 3 is 2.67 bits per heavy atom. The van der Waals surface area contributed by atoms with Crippen LogP contribution in [0.2, 0.25) is 5.02 Å². The maximum Gasteiger partial charge on any atom is 0.242 e. The number of aryl methyl sites for hydroxylation is 1. The van der Waals surface area contributed by atoms with Crippen molar-refractivity contribution in [1.29, 1.82) is 0 Å². The minimum atomic E-state index is -0.478. The normalized spacial score (nSPS) is 18.2. The van der Waals surface area contributed by atoms with Crippen LogP contribution in [0.15, 0.2) is 53.5 Å². The first-order valence-electron chi connectivity index (χ1n) is 8.65. The Hall–Kier alpha value is -2.31. The van der Waals surface area contributed by atoms with Crippen LogP contribution in [0.5, 0.6) is 0 Å². The number of amidine groups is 1. The molecular weight excluding hydrogens is 382 g/mol. The van der Waals surface area contributed by atoms with Gasteiger partial charge in [0, 0.05) is 23.7 Å². The molecule has 2 amide bonds. The van der Waals surface area contributed by atoms with E-state index < -0.39 is 5.25 Å². The maximum atomic E-state index is 12.7. The third-order valence-corrected chi connectivity index (χ3v) is 5.73. The molecule has 2 aromatic carbocycles. The van der Waals surface area contributed by atoms with E-state index in [2.05, 4.69) is 10.3 Å². The largest absolute Gasteiger partial charge is 0.326 e. The van der Waals surface area contributed by atoms with Crippen LogP contribution in [0, 0.1) is 6.92 Å². The Bertz CT molecular complexity index is 886. The number of anilines is 1. The number of nitrogens with one attached hydrogen (secondary N) is 1. The first-order chi connectivity index (χ1) is 13.0. The smallest absolute Gasteiger partial charge is 0.242 e. The van der Waals surface area contributed by atoms with E-state index in [1.54, 1.807) is 11.0 Å². The number of hydrogen-bond acceptors (Lipinski definition) is 4. The van der Waals surface area contributed by atoms with E-state index in [1.807, 2.05) is 56.3 Å². The van der Waals surface area contributed by atoms with Crippen LogP contribution in [0.4, 0.5) is 11.4 Å². The van der Waals surface area contributed by atoms with Crippen LogP contribution in [0.3, 0.4) is 0 Å². The summed E-state index contributed by atoms with van der Waals surface area (Å²) in [6.45, 7) is 4.32. The standard InChI is InChI=1S/C20H20ClN3O2S/c1-3-24-19(26)17(12-18(25)22-14-7-5-4-6-8-14)27-20(24)23-15-10-9-13(2)16(21)11-15/h4-11,17H,3,12H2,1-2H3,(H,22,25). The lowest BCUT2D eigenvalue weighted by Crippen LogP contribution is -2.33. The topological polar surface area (TPSA) is 61.8 Å². The number of aliphatic imine (C=N–C) groups is 1. The molecule has 1 N–H and O–H groups in total. The lowest BCUT2D eigenvalue weighted by molar-refractivity contribution is -0.128. The second kappa shape index (κ2) is 8.59. The molecule has 27 heavy (non-hydrogen) atoms. The van der Waals surface area contributed by atoms with Crippen LogP contribution < -0.4 is 5.32 Å². The Kier molecular flexibility index (Phi) is 6.19. The zero-order chi connectivity index (χ0) is 19.4. The second-order valence-electron chi connectivity index (χ2n) is 6.14. The predicted octanol–water partition coefficient (Wildman–Crippen LogP) is 4.63. The number of benzene rings is 2. The fourth-order valence-corrected chi connectivity index (χ4v) is 4.08. The molecule has 1 fully saturated rings. The first-order valence-corrected chi connectivity index (χ1v) is 9.91. The summed E-state index contributed by atoms with van der Waals surface area (Å²) in [5.41, 5.74) is 2.38. The molecule has 3 rings (SSSR count). The second-order valence-corrected chi connectivity index (χ2v) is 7.71. The van der Waals surface area contributed by atoms with E-state index in [1.165, 1.54) is 11.8 Å². The van der Waals surface area contributed by atoms with Gasteiger partial charge in [0.25, 0.3) is 0 Å². The third-order valence-electron chi connectivity index (χ3n) is 4.14. The van der Waals surface area contributed by atoms with Crippen molar-refractivity contribution >= 4 is 51.7 Å². The monoisotopic (exact) mass is 401 g/mol. The molecule has 7 heteroatoms. The Morgan fingerprint density at radius 1 is 1.26 bits per heavy atom. The number of hydrogen-bond donors (Lipinski definition) is 1. The van der Waals surface area contributed by atoms with Crippen LogP contribution in [0.25, 0.3) is 0 Å². The molecular formula is C20H20ClN3O2S. The van der Waals surface area contributed by atoms with E-state index in [9.17, 15) is 9.59 Å². The summed E-state index contributed by atoms with van der Waals surface area (Å²) in [6.07, 6.45) is 0.0998. The summed E-state index contributed by atoms with van der Waals surface area (Å²) in [4.78, 5) is 31.2. The van der Waals surface area contributed by atoms with Crippen LogP contribution in [-0.2, 0) is 9.59 Å². The number of carbonyl (C=O) groups excluding carboxylic acids is 2. The van der Waals surface area contributed by atoms with Crippen molar-refractivity contribution < 1.29 is 9.59 Å². The van der Waals surface area contributed by atoms with Crippen molar-refractivity contribution in [3.05, 3.63) is 59.1 Å². The molecule has 1 saturated heterocycles. The van der Waals surface area contributed by atoms with Crippen LogP contribution in [-0.4, -0.2) is 33.7 Å². The van der Waals surface area contributed by atoms with E-state index in [0.29, 0.717) is 28.1 Å². The highest BCUT2D eigenvalue weighted by Crippen LogP contribution is 2.32. The molecule has 0 aromatic heterocycles. The van der Waals surface area contributed by atoms with Gasteiger partial charge in [0.15, 0.2) is 5.17 Å². The Labute approximate surface area is 167 Å². The fraction of sp³-hybridized carbons (Fsp3) is 0.250. The van der Waals surface area contributed by atoms with Gasteiger partial charge in [0.1, 0.15) is 5.25 Å². The summed E-state index contributed by atoms with van der Waals surface area (Å²) in [6, 6.07) is 14.7. The lowest BCUT2D eigenvalue weighted by Gasteiger charge is -2.13. The van der Waals surface area contributed by atoms with E-state index in [-0.39, 0.29) is 18.2 Å². The van der Waals surface area contributed by atoms with Crippen LogP contribution >= 0.6 is 23.4 Å². The van der Waals surface area contributed by atoms with E-state index >= 15 is 0 Å². The van der Waals surface area contributed by atoms with Gasteiger partial charge >= 0.3 is 0 Å². The van der Waals surface area contributed by atoms with Crippen molar-refractivity contribution in [3.63, 3.8) is 0 Å². The number of carbonyl (C=O) groups is 2. The summed E-state index contributed by atoms with van der Waals surface area (Å²) in [5, 5.41) is 3.57. The van der Waals surface area contributed by atoms with Gasteiger partial charge in [-0.25, -0.2) is 4.99 Å². The minimum Gasteiger partial charge on any atom is -0.326 e. The van der Waals surface area contributed by atoms with Crippen molar-refractivity contribution in [2.24, 2.45) is 4.99 Å². The van der Waals surface area contributed by atoms with Gasteiger partial charge in [-0.15, -0.1) is 0 Å². The molecule has 140 valence electrons. The molecule has 1 aliphatic rings. The van der Waals surface area contributed by atoms with Crippen molar-refractivity contribution in [2.75, 3.05) is 11.9 Å². The van der Waals surface area contributed by atoms with Crippen molar-refractivity contribution in [1.82, 2.24) is 4.90 Å². The number of nitrogens with zero attached hydrogens (tertiary/aromatic N) is 2. The quantitative estimate of drug-likeness (QED) is 0.794. The average Bonchev–Trinajstić information content (AvgIpc) is 2.93. The zero-order valence-electron chi connectivity index (χ0n) is 15.1. The SMILES string of the molecule is CCN1C(=O)C(CC(=O)Nc2ccccc2)SC1=Nc1ccc(C)c(Cl)c1. The molecule has 1 heterocycles. The Morgan fingerprint density at radius 2 is 2.00 bits per heavy atom. The van der Waals surface area contributed by atoms with Gasteiger partial charge in [-0.05, 0) is 43.7 Å². The summed E-state index contributed by atoms with van der Waals surface area (Å²) in [7, 11) is 0. The maximum absolute atomic E-state index is 12.7. The summed E-state index contributed by atoms with van der Waals surface area (Å²) >= 11 is 7.48. The summed E-state index contributed by atoms with van der Waals surface area (Å²) < 4.78 is 0. The van der Waals surface area contributed by atoms with Gasteiger partial charge < -0.3 is 5.32 Å². The molecule has 5 nitrogen and oxygen atoms in total. The van der Waals surface area contributed by atoms with Gasteiger partial charge in [-0.2, -0.15) is 0 Å². The molecule has 2 aromatic rings. The molecule has 0 bridgehead atoms. The number of para-hydroxylation sites is 1. The first kappa shape index (κ1) is 19.5. The van der Waals surface area contributed by atoms with Crippen molar-refractivity contribution in [3.8, 4) is 0 Å². The minimum absolute atomic E-state index is 0.0947. The highest BCUT2D eigenvalue weighted by atomic mass is 35.5. The Balaban J connectivity index is 1.73. The van der Waals surface area contributed by atoms with Gasteiger partial charge in [0.05, 0.1) is 5.69 Å². The number of amides is 2. The lowest BCUT2D eigenvalue weighted by atomic mass is 10.2. The molecule has 1 atom stereocenters. The highest BCUT2D eigenvalue weighted by Gasteiger charge is 2.38. The molecule has 1 unspecified atom stereocenters. The number of halogens is 1.